The summed E-state index contributed by atoms with van der Waals surface area (Å²) in [4.78, 5) is 26.1. The van der Waals surface area contributed by atoms with Gasteiger partial charge in [-0.25, -0.2) is 17.7 Å². The molecule has 0 saturated heterocycles. The van der Waals surface area contributed by atoms with Crippen molar-refractivity contribution in [1.82, 2.24) is 5.16 Å². The van der Waals surface area contributed by atoms with Crippen molar-refractivity contribution in [3.8, 4) is 11.1 Å². The largest absolute Gasteiger partial charge is 0.364 e. The van der Waals surface area contributed by atoms with Crippen LogP contribution in [0, 0.1) is 19.8 Å². The number of quaternary nitrogens is 1. The Morgan fingerprint density at radius 3 is 2.21 bits per heavy atom. The highest BCUT2D eigenvalue weighted by Gasteiger charge is 2.47. The number of carbonyl (C=O) groups is 2. The Morgan fingerprint density at radius 2 is 1.69 bits per heavy atom. The van der Waals surface area contributed by atoms with Gasteiger partial charge in [0.05, 0.1) is 17.9 Å². The minimum Gasteiger partial charge on any atom is -0.364 e. The van der Waals surface area contributed by atoms with Crippen LogP contribution in [0.15, 0.2) is 57.9 Å². The first-order chi connectivity index (χ1) is 18.4. The SMILES string of the molecule is CCCC(=O)[N+](CC)(Cc1ccc(-c2ccccc2S(=O)(=O)Nc2noc(C)c2C)cc1)[C@H](C(N)=O)C(C)C. The average Bonchev–Trinajstić information content (AvgIpc) is 3.20. The maximum absolute atomic E-state index is 13.4. The molecule has 0 bridgehead atoms. The molecule has 0 aliphatic heterocycles. The van der Waals surface area contributed by atoms with Crippen LogP contribution in [0.2, 0.25) is 0 Å². The van der Waals surface area contributed by atoms with E-state index in [1.165, 1.54) is 6.07 Å². The number of hydrogen-bond acceptors (Lipinski definition) is 6. The molecule has 1 aromatic heterocycles. The van der Waals surface area contributed by atoms with Crippen molar-refractivity contribution in [2.45, 2.75) is 71.9 Å². The minimum absolute atomic E-state index is 0.0116. The lowest BCUT2D eigenvalue weighted by Crippen LogP contribution is -2.64. The van der Waals surface area contributed by atoms with Crippen LogP contribution in [0.4, 0.5) is 5.82 Å². The highest BCUT2D eigenvalue weighted by atomic mass is 32.2. The van der Waals surface area contributed by atoms with Crippen LogP contribution >= 0.6 is 0 Å². The lowest BCUT2D eigenvalue weighted by Gasteiger charge is -2.42. The molecule has 0 fully saturated rings. The van der Waals surface area contributed by atoms with Gasteiger partial charge in [0, 0.05) is 22.6 Å². The Hall–Kier alpha value is -3.50. The van der Waals surface area contributed by atoms with E-state index in [2.05, 4.69) is 9.88 Å². The average molecular weight is 556 g/mol. The van der Waals surface area contributed by atoms with E-state index in [1.54, 1.807) is 32.0 Å². The van der Waals surface area contributed by atoms with Crippen LogP contribution in [-0.4, -0.2) is 42.5 Å². The number of nitrogens with one attached hydrogen (secondary N) is 1. The molecular formula is C29H39N4O5S+. The number of carbonyl (C=O) groups excluding carboxylic acids is 2. The summed E-state index contributed by atoms with van der Waals surface area (Å²) in [6.07, 6.45) is 1.03. The fourth-order valence-corrected chi connectivity index (χ4v) is 6.44. The number of likely N-dealkylation sites (N-methyl/N-ethyl adjacent to an activating group) is 1. The number of aromatic nitrogens is 1. The van der Waals surface area contributed by atoms with Gasteiger partial charge in [0.2, 0.25) is 0 Å². The first-order valence-electron chi connectivity index (χ1n) is 13.2. The molecule has 0 saturated carbocycles. The molecule has 2 atom stereocenters. The van der Waals surface area contributed by atoms with E-state index >= 15 is 0 Å². The van der Waals surface area contributed by atoms with Crippen molar-refractivity contribution in [2.75, 3.05) is 11.3 Å². The molecule has 1 unspecified atom stereocenters. The van der Waals surface area contributed by atoms with Crippen LogP contribution in [0.3, 0.4) is 0 Å². The zero-order valence-electron chi connectivity index (χ0n) is 23.5. The lowest BCUT2D eigenvalue weighted by molar-refractivity contribution is -0.885. The van der Waals surface area contributed by atoms with Gasteiger partial charge >= 0.3 is 5.91 Å². The molecule has 0 aliphatic carbocycles. The number of benzene rings is 2. The molecule has 0 aliphatic rings. The Morgan fingerprint density at radius 1 is 1.05 bits per heavy atom. The highest BCUT2D eigenvalue weighted by Crippen LogP contribution is 2.32. The zero-order valence-corrected chi connectivity index (χ0v) is 24.3. The third kappa shape index (κ3) is 6.23. The normalized spacial score (nSPS) is 14.1. The molecule has 3 aromatic rings. The molecule has 9 nitrogen and oxygen atoms in total. The standard InChI is InChI=1S/C29H38N4O5S/c1-7-11-26(34)33(8-2,27(19(3)4)28(30)35)18-22-14-16-23(17-15-22)24-12-9-10-13-25(24)39(36,37)32-29-20(5)21(6)38-31-29/h9-10,12-17,19,27H,7-8,11,18H2,1-6H3,(H2-,30,31,32,35)/p+1/t27-,33?/m0/s1. The number of rotatable bonds is 12. The van der Waals surface area contributed by atoms with Gasteiger partial charge in [0.25, 0.3) is 15.9 Å². The van der Waals surface area contributed by atoms with Crippen LogP contribution in [-0.2, 0) is 26.2 Å². The third-order valence-electron chi connectivity index (χ3n) is 7.27. The Labute approximate surface area is 231 Å². The number of amides is 2. The smallest absolute Gasteiger partial charge is 0.314 e. The summed E-state index contributed by atoms with van der Waals surface area (Å²) in [7, 11) is -3.96. The predicted molar refractivity (Wildman–Crippen MR) is 151 cm³/mol. The number of nitrogens with zero attached hydrogens (tertiary/aromatic N) is 2. The van der Waals surface area contributed by atoms with Gasteiger partial charge in [-0.2, -0.15) is 0 Å². The number of aryl methyl sites for hydroxylation is 1. The van der Waals surface area contributed by atoms with Gasteiger partial charge in [-0.05, 0) is 38.8 Å². The number of nitrogens with two attached hydrogens (primary N) is 1. The van der Waals surface area contributed by atoms with Gasteiger partial charge < -0.3 is 10.3 Å². The molecule has 2 aromatic carbocycles. The number of anilines is 1. The van der Waals surface area contributed by atoms with Crippen LogP contribution in [0.25, 0.3) is 11.1 Å². The number of hydrogen-bond donors (Lipinski definition) is 2. The first kappa shape index (κ1) is 30.0. The fraction of sp³-hybridized carbons (Fsp3) is 0.414. The lowest BCUT2D eigenvalue weighted by atomic mass is 9.95. The summed E-state index contributed by atoms with van der Waals surface area (Å²) in [5.74, 6) is 0.0626. The van der Waals surface area contributed by atoms with Crippen molar-refractivity contribution in [3.63, 3.8) is 0 Å². The summed E-state index contributed by atoms with van der Waals surface area (Å²) in [5.41, 5.74) is 8.51. The van der Waals surface area contributed by atoms with Crippen LogP contribution < -0.4 is 10.5 Å². The fourth-order valence-electron chi connectivity index (χ4n) is 5.16. The molecule has 0 spiro atoms. The first-order valence-corrected chi connectivity index (χ1v) is 14.7. The van der Waals surface area contributed by atoms with Crippen molar-refractivity contribution in [3.05, 3.63) is 65.4 Å². The van der Waals surface area contributed by atoms with E-state index in [0.29, 0.717) is 48.4 Å². The molecule has 210 valence electrons. The quantitative estimate of drug-likeness (QED) is 0.305. The minimum atomic E-state index is -3.96. The molecule has 0 radical (unpaired) electrons. The van der Waals surface area contributed by atoms with Gasteiger partial charge in [-0.1, -0.05) is 68.4 Å². The van der Waals surface area contributed by atoms with Crippen LogP contribution in [0.1, 0.15) is 57.4 Å². The zero-order chi connectivity index (χ0) is 29.0. The summed E-state index contributed by atoms with van der Waals surface area (Å²) < 4.78 is 34.2. The van der Waals surface area contributed by atoms with Crippen molar-refractivity contribution in [1.29, 1.82) is 0 Å². The monoisotopic (exact) mass is 555 g/mol. The van der Waals surface area contributed by atoms with E-state index in [1.807, 2.05) is 52.0 Å². The molecule has 2 amide bonds. The second-order valence-electron chi connectivity index (χ2n) is 10.3. The summed E-state index contributed by atoms with van der Waals surface area (Å²) in [6.45, 7) is 11.9. The summed E-state index contributed by atoms with van der Waals surface area (Å²) in [5, 5.41) is 3.82. The second-order valence-corrected chi connectivity index (χ2v) is 11.9. The third-order valence-corrected chi connectivity index (χ3v) is 8.67. The van der Waals surface area contributed by atoms with E-state index < -0.39 is 22.0 Å². The van der Waals surface area contributed by atoms with Gasteiger partial charge in [-0.3, -0.25) is 9.52 Å². The van der Waals surface area contributed by atoms with Crippen LogP contribution in [0.5, 0.6) is 0 Å². The Bertz CT molecular complexity index is 1430. The summed E-state index contributed by atoms with van der Waals surface area (Å²) >= 11 is 0. The van der Waals surface area contributed by atoms with Gasteiger partial charge in [0.1, 0.15) is 12.3 Å². The van der Waals surface area contributed by atoms with Crippen molar-refractivity contribution in [2.24, 2.45) is 11.7 Å². The molecule has 3 N–H and O–H groups in total. The Balaban J connectivity index is 1.99. The summed E-state index contributed by atoms with van der Waals surface area (Å²) in [6, 6.07) is 13.5. The number of primary amides is 1. The topological polar surface area (TPSA) is 132 Å². The van der Waals surface area contributed by atoms with E-state index in [4.69, 9.17) is 10.3 Å². The molecule has 1 heterocycles. The predicted octanol–water partition coefficient (Wildman–Crippen LogP) is 4.93. The molecule has 39 heavy (non-hydrogen) atoms. The maximum atomic E-state index is 13.4. The molecular weight excluding hydrogens is 516 g/mol. The molecule has 3 rings (SSSR count). The van der Waals surface area contributed by atoms with Gasteiger partial charge in [0.15, 0.2) is 11.9 Å². The maximum Gasteiger partial charge on any atom is 0.314 e. The van der Waals surface area contributed by atoms with E-state index in [9.17, 15) is 18.0 Å². The van der Waals surface area contributed by atoms with Gasteiger partial charge in [-0.15, -0.1) is 0 Å². The van der Waals surface area contributed by atoms with Crippen molar-refractivity contribution < 1.29 is 27.0 Å². The van der Waals surface area contributed by atoms with E-state index in [0.717, 1.165) is 5.56 Å². The molecule has 10 heteroatoms. The van der Waals surface area contributed by atoms with E-state index in [-0.39, 0.29) is 27.0 Å². The highest BCUT2D eigenvalue weighted by molar-refractivity contribution is 7.92. The Kier molecular flexibility index (Phi) is 9.34. The van der Waals surface area contributed by atoms with Crippen molar-refractivity contribution >= 4 is 27.7 Å². The second kappa shape index (κ2) is 12.1. The number of sulfonamides is 1.